The molecule has 1 aliphatic heterocycles. The maximum atomic E-state index is 13.6. The summed E-state index contributed by atoms with van der Waals surface area (Å²) in [4.78, 5) is 0. The minimum Gasteiger partial charge on any atom is -0.245 e. The molecule has 0 fully saturated rings. The zero-order valence-corrected chi connectivity index (χ0v) is 8.94. The molecule has 0 saturated carbocycles. The van der Waals surface area contributed by atoms with Crippen molar-refractivity contribution in [1.29, 1.82) is 0 Å². The third kappa shape index (κ3) is 2.14. The molecule has 0 N–H and O–H groups in total. The second kappa shape index (κ2) is 3.61. The SMILES string of the molecule is CC(C)(F)c1ccc(N2CCN=N2)cc1. The van der Waals surface area contributed by atoms with Gasteiger partial charge in [-0.05, 0) is 31.5 Å². The van der Waals surface area contributed by atoms with Gasteiger partial charge >= 0.3 is 0 Å². The van der Waals surface area contributed by atoms with Crippen molar-refractivity contribution in [3.63, 3.8) is 0 Å². The maximum absolute atomic E-state index is 13.6. The molecule has 0 spiro atoms. The highest BCUT2D eigenvalue weighted by atomic mass is 19.1. The molecule has 0 radical (unpaired) electrons. The van der Waals surface area contributed by atoms with Crippen molar-refractivity contribution in [1.82, 2.24) is 0 Å². The minimum absolute atomic E-state index is 0.683. The zero-order valence-electron chi connectivity index (χ0n) is 8.94. The second-order valence-electron chi connectivity index (χ2n) is 4.10. The van der Waals surface area contributed by atoms with Gasteiger partial charge in [0.25, 0.3) is 0 Å². The summed E-state index contributed by atoms with van der Waals surface area (Å²) >= 11 is 0. The topological polar surface area (TPSA) is 28.0 Å². The molecule has 0 unspecified atom stereocenters. The van der Waals surface area contributed by atoms with Crippen molar-refractivity contribution < 1.29 is 4.39 Å². The molecule has 2 rings (SSSR count). The number of benzene rings is 1. The standard InChI is InChI=1S/C11H14FN3/c1-11(2,12)9-3-5-10(6-4-9)15-8-7-13-14-15/h3-6H,7-8H2,1-2H3. The van der Waals surface area contributed by atoms with Crippen LogP contribution < -0.4 is 5.01 Å². The lowest BCUT2D eigenvalue weighted by Gasteiger charge is -2.17. The van der Waals surface area contributed by atoms with Crippen molar-refractivity contribution in [2.75, 3.05) is 18.1 Å². The van der Waals surface area contributed by atoms with Crippen molar-refractivity contribution in [3.8, 4) is 0 Å². The first-order valence-electron chi connectivity index (χ1n) is 5.02. The predicted octanol–water partition coefficient (Wildman–Crippen LogP) is 3.08. The lowest BCUT2D eigenvalue weighted by atomic mass is 10.0. The first-order valence-corrected chi connectivity index (χ1v) is 5.02. The Hall–Kier alpha value is -1.45. The van der Waals surface area contributed by atoms with E-state index in [-0.39, 0.29) is 0 Å². The van der Waals surface area contributed by atoms with Gasteiger partial charge in [-0.2, -0.15) is 5.11 Å². The first-order chi connectivity index (χ1) is 7.07. The van der Waals surface area contributed by atoms with Crippen LogP contribution in [0.15, 0.2) is 34.6 Å². The van der Waals surface area contributed by atoms with Crippen LogP contribution in [0.25, 0.3) is 0 Å². The second-order valence-corrected chi connectivity index (χ2v) is 4.10. The van der Waals surface area contributed by atoms with Gasteiger partial charge in [-0.1, -0.05) is 17.4 Å². The summed E-state index contributed by atoms with van der Waals surface area (Å²) in [5.74, 6) is 0. The van der Waals surface area contributed by atoms with Crippen molar-refractivity contribution >= 4 is 5.69 Å². The van der Waals surface area contributed by atoms with Gasteiger partial charge in [0.05, 0.1) is 18.8 Å². The van der Waals surface area contributed by atoms with E-state index in [0.29, 0.717) is 5.56 Å². The molecular weight excluding hydrogens is 193 g/mol. The minimum atomic E-state index is -1.29. The third-order valence-corrected chi connectivity index (χ3v) is 2.43. The smallest absolute Gasteiger partial charge is 0.130 e. The number of nitrogens with zero attached hydrogens (tertiary/aromatic N) is 3. The number of halogens is 1. The van der Waals surface area contributed by atoms with E-state index in [4.69, 9.17) is 0 Å². The molecule has 3 nitrogen and oxygen atoms in total. The number of anilines is 1. The molecule has 0 bridgehead atoms. The Morgan fingerprint density at radius 1 is 1.27 bits per heavy atom. The third-order valence-electron chi connectivity index (χ3n) is 2.43. The summed E-state index contributed by atoms with van der Waals surface area (Å²) in [5, 5.41) is 9.67. The fraction of sp³-hybridized carbons (Fsp3) is 0.455. The highest BCUT2D eigenvalue weighted by Crippen LogP contribution is 2.27. The molecular formula is C11H14FN3. The quantitative estimate of drug-likeness (QED) is 0.732. The number of hydrogen-bond donors (Lipinski definition) is 0. The normalized spacial score (nSPS) is 16.1. The summed E-state index contributed by atoms with van der Waals surface area (Å²) < 4.78 is 13.6. The van der Waals surface area contributed by atoms with E-state index >= 15 is 0 Å². The Kier molecular flexibility index (Phi) is 2.42. The van der Waals surface area contributed by atoms with Crippen molar-refractivity contribution in [2.45, 2.75) is 19.5 Å². The number of hydrogen-bond acceptors (Lipinski definition) is 3. The van der Waals surface area contributed by atoms with Crippen LogP contribution in [-0.4, -0.2) is 13.1 Å². The van der Waals surface area contributed by atoms with Crippen LogP contribution in [0, 0.1) is 0 Å². The summed E-state index contributed by atoms with van der Waals surface area (Å²) in [7, 11) is 0. The Labute approximate surface area is 88.6 Å². The highest BCUT2D eigenvalue weighted by molar-refractivity contribution is 5.47. The molecule has 0 aromatic heterocycles. The van der Waals surface area contributed by atoms with Crippen molar-refractivity contribution in [2.24, 2.45) is 10.3 Å². The molecule has 0 saturated heterocycles. The molecule has 1 aromatic carbocycles. The van der Waals surface area contributed by atoms with E-state index in [1.807, 2.05) is 17.1 Å². The van der Waals surface area contributed by atoms with Gasteiger partial charge in [0.2, 0.25) is 0 Å². The summed E-state index contributed by atoms with van der Waals surface area (Å²) in [6, 6.07) is 7.34. The van der Waals surface area contributed by atoms with E-state index in [2.05, 4.69) is 10.3 Å². The fourth-order valence-corrected chi connectivity index (χ4v) is 1.52. The Balaban J connectivity index is 2.20. The van der Waals surface area contributed by atoms with Crippen molar-refractivity contribution in [3.05, 3.63) is 29.8 Å². The predicted molar refractivity (Wildman–Crippen MR) is 57.6 cm³/mol. The van der Waals surface area contributed by atoms with Crippen LogP contribution in [0.5, 0.6) is 0 Å². The Bertz CT molecular complexity index is 364. The van der Waals surface area contributed by atoms with Crippen LogP contribution >= 0.6 is 0 Å². The lowest BCUT2D eigenvalue weighted by molar-refractivity contribution is 0.221. The molecule has 1 aliphatic rings. The Morgan fingerprint density at radius 2 is 1.93 bits per heavy atom. The van der Waals surface area contributed by atoms with Gasteiger partial charge in [-0.15, -0.1) is 0 Å². The summed E-state index contributed by atoms with van der Waals surface area (Å²) in [6.07, 6.45) is 0. The molecule has 1 heterocycles. The first kappa shape index (κ1) is 10.1. The molecule has 0 amide bonds. The van der Waals surface area contributed by atoms with Gasteiger partial charge in [0, 0.05) is 0 Å². The summed E-state index contributed by atoms with van der Waals surface area (Å²) in [6.45, 7) is 4.64. The number of rotatable bonds is 2. The van der Waals surface area contributed by atoms with E-state index in [1.54, 1.807) is 26.0 Å². The van der Waals surface area contributed by atoms with E-state index in [0.717, 1.165) is 18.8 Å². The van der Waals surface area contributed by atoms with Crippen LogP contribution in [0.2, 0.25) is 0 Å². The Morgan fingerprint density at radius 3 is 2.40 bits per heavy atom. The van der Waals surface area contributed by atoms with Gasteiger partial charge in [0.1, 0.15) is 5.67 Å². The summed E-state index contributed by atoms with van der Waals surface area (Å²) in [5.41, 5.74) is 0.358. The van der Waals surface area contributed by atoms with E-state index in [9.17, 15) is 4.39 Å². The molecule has 15 heavy (non-hydrogen) atoms. The monoisotopic (exact) mass is 207 g/mol. The van der Waals surface area contributed by atoms with Gasteiger partial charge in [-0.3, -0.25) is 0 Å². The maximum Gasteiger partial charge on any atom is 0.130 e. The molecule has 1 aromatic rings. The average Bonchev–Trinajstić information content (AvgIpc) is 2.69. The van der Waals surface area contributed by atoms with Crippen LogP contribution in [0.1, 0.15) is 19.4 Å². The molecule has 0 aliphatic carbocycles. The largest absolute Gasteiger partial charge is 0.245 e. The molecule has 0 atom stereocenters. The number of alkyl halides is 1. The molecule has 4 heteroatoms. The van der Waals surface area contributed by atoms with Crippen LogP contribution in [-0.2, 0) is 5.67 Å². The van der Waals surface area contributed by atoms with Gasteiger partial charge in [0.15, 0.2) is 0 Å². The lowest BCUT2D eigenvalue weighted by Crippen LogP contribution is -2.14. The van der Waals surface area contributed by atoms with Gasteiger partial charge in [-0.25, -0.2) is 9.40 Å². The zero-order chi connectivity index (χ0) is 10.9. The van der Waals surface area contributed by atoms with E-state index < -0.39 is 5.67 Å². The average molecular weight is 207 g/mol. The fourth-order valence-electron chi connectivity index (χ4n) is 1.52. The van der Waals surface area contributed by atoms with Gasteiger partial charge < -0.3 is 0 Å². The van der Waals surface area contributed by atoms with Crippen LogP contribution in [0.3, 0.4) is 0 Å². The highest BCUT2D eigenvalue weighted by Gasteiger charge is 2.19. The van der Waals surface area contributed by atoms with Crippen LogP contribution in [0.4, 0.5) is 10.1 Å². The van der Waals surface area contributed by atoms with E-state index in [1.165, 1.54) is 0 Å². The molecule has 80 valence electrons.